The van der Waals surface area contributed by atoms with Gasteiger partial charge in [0.1, 0.15) is 5.75 Å². The Labute approximate surface area is 117 Å². The van der Waals surface area contributed by atoms with Gasteiger partial charge < -0.3 is 14.6 Å². The summed E-state index contributed by atoms with van der Waals surface area (Å²) in [7, 11) is 1.38. The molecule has 0 saturated heterocycles. The molecule has 9 heteroatoms. The Hall–Kier alpha value is -3.23. The monoisotopic (exact) mass is 291 g/mol. The summed E-state index contributed by atoms with van der Waals surface area (Å²) in [5, 5.41) is 19.7. The van der Waals surface area contributed by atoms with Gasteiger partial charge in [-0.2, -0.15) is 0 Å². The number of nitro groups is 1. The van der Waals surface area contributed by atoms with Gasteiger partial charge in [0.2, 0.25) is 11.6 Å². The fourth-order valence-electron chi connectivity index (χ4n) is 1.45. The van der Waals surface area contributed by atoms with Gasteiger partial charge in [0.05, 0.1) is 30.5 Å². The molecule has 21 heavy (non-hydrogen) atoms. The molecular formula is C12H9N3O6. The van der Waals surface area contributed by atoms with Gasteiger partial charge in [-0.05, 0) is 12.1 Å². The van der Waals surface area contributed by atoms with Crippen LogP contribution in [-0.2, 0) is 0 Å². The predicted molar refractivity (Wildman–Crippen MR) is 68.7 cm³/mol. The van der Waals surface area contributed by atoms with Crippen molar-refractivity contribution >= 4 is 11.7 Å². The average molecular weight is 291 g/mol. The molecule has 1 heterocycles. The molecule has 9 nitrogen and oxygen atoms in total. The number of hydrogen-bond acceptors (Lipinski definition) is 7. The highest BCUT2D eigenvalue weighted by molar-refractivity contribution is 5.84. The van der Waals surface area contributed by atoms with Crippen molar-refractivity contribution in [2.45, 2.75) is 0 Å². The third-order valence-electron chi connectivity index (χ3n) is 2.42. The van der Waals surface area contributed by atoms with Gasteiger partial charge in [-0.15, -0.1) is 0 Å². The number of ether oxygens (including phenoxy) is 2. The Morgan fingerprint density at radius 1 is 1.33 bits per heavy atom. The van der Waals surface area contributed by atoms with Crippen LogP contribution in [0.25, 0.3) is 0 Å². The lowest BCUT2D eigenvalue weighted by Gasteiger charge is -2.06. The van der Waals surface area contributed by atoms with Crippen LogP contribution in [0.4, 0.5) is 5.69 Å². The lowest BCUT2D eigenvalue weighted by Crippen LogP contribution is -2.02. The first-order valence-corrected chi connectivity index (χ1v) is 5.57. The molecule has 0 aliphatic carbocycles. The molecule has 0 unspecified atom stereocenters. The molecule has 2 rings (SSSR count). The van der Waals surface area contributed by atoms with E-state index in [4.69, 9.17) is 14.6 Å². The maximum Gasteiger partial charge on any atom is 0.356 e. The highest BCUT2D eigenvalue weighted by Gasteiger charge is 2.18. The Balaban J connectivity index is 2.30. The molecule has 2 aromatic rings. The number of methoxy groups -OCH3 is 1. The first-order chi connectivity index (χ1) is 10.0. The van der Waals surface area contributed by atoms with Crippen molar-refractivity contribution in [3.63, 3.8) is 0 Å². The first-order valence-electron chi connectivity index (χ1n) is 5.57. The number of carboxylic acid groups (broad SMARTS) is 1. The molecule has 0 fully saturated rings. The van der Waals surface area contributed by atoms with Crippen molar-refractivity contribution in [1.29, 1.82) is 0 Å². The largest absolute Gasteiger partial charge is 0.496 e. The molecule has 0 radical (unpaired) electrons. The van der Waals surface area contributed by atoms with E-state index in [9.17, 15) is 14.9 Å². The molecule has 0 bridgehead atoms. The van der Waals surface area contributed by atoms with E-state index in [0.29, 0.717) is 5.75 Å². The Morgan fingerprint density at radius 3 is 2.62 bits per heavy atom. The Bertz CT molecular complexity index is 686. The van der Waals surface area contributed by atoms with Crippen molar-refractivity contribution in [2.75, 3.05) is 7.11 Å². The van der Waals surface area contributed by atoms with Gasteiger partial charge in [-0.3, -0.25) is 10.1 Å². The normalized spacial score (nSPS) is 9.95. The second kappa shape index (κ2) is 5.82. The van der Waals surface area contributed by atoms with Crippen molar-refractivity contribution in [2.24, 2.45) is 0 Å². The number of rotatable bonds is 5. The summed E-state index contributed by atoms with van der Waals surface area (Å²) in [5.41, 5.74) is -0.565. The fourth-order valence-corrected chi connectivity index (χ4v) is 1.45. The minimum Gasteiger partial charge on any atom is -0.496 e. The molecule has 0 atom stereocenters. The van der Waals surface area contributed by atoms with E-state index in [-0.39, 0.29) is 23.0 Å². The zero-order valence-corrected chi connectivity index (χ0v) is 10.7. The van der Waals surface area contributed by atoms with Crippen molar-refractivity contribution in [3.8, 4) is 17.4 Å². The third-order valence-corrected chi connectivity index (χ3v) is 2.42. The van der Waals surface area contributed by atoms with E-state index < -0.39 is 10.9 Å². The van der Waals surface area contributed by atoms with Crippen LogP contribution in [0.5, 0.6) is 17.4 Å². The van der Waals surface area contributed by atoms with Crippen LogP contribution in [0.1, 0.15) is 10.5 Å². The van der Waals surface area contributed by atoms with E-state index in [1.54, 1.807) is 0 Å². The Kier molecular flexibility index (Phi) is 3.93. The van der Waals surface area contributed by atoms with Crippen molar-refractivity contribution < 1.29 is 24.3 Å². The van der Waals surface area contributed by atoms with Gasteiger partial charge in [-0.1, -0.05) is 0 Å². The van der Waals surface area contributed by atoms with Gasteiger partial charge in [0.15, 0.2) is 5.69 Å². The molecule has 0 spiro atoms. The molecule has 1 aromatic carbocycles. The first kappa shape index (κ1) is 14.2. The van der Waals surface area contributed by atoms with Crippen LogP contribution in [0.15, 0.2) is 30.6 Å². The number of aromatic carboxylic acids is 1. The summed E-state index contributed by atoms with van der Waals surface area (Å²) in [6.07, 6.45) is 2.06. The number of hydrogen-bond donors (Lipinski definition) is 1. The predicted octanol–water partition coefficient (Wildman–Crippen LogP) is 1.88. The fraction of sp³-hybridized carbons (Fsp3) is 0.0833. The van der Waals surface area contributed by atoms with Gasteiger partial charge in [-0.25, -0.2) is 14.8 Å². The highest BCUT2D eigenvalue weighted by Crippen LogP contribution is 2.33. The summed E-state index contributed by atoms with van der Waals surface area (Å²) in [4.78, 5) is 28.3. The number of carbonyl (C=O) groups is 1. The zero-order valence-electron chi connectivity index (χ0n) is 10.7. The zero-order chi connectivity index (χ0) is 15.4. The average Bonchev–Trinajstić information content (AvgIpc) is 2.48. The minimum atomic E-state index is -1.23. The van der Waals surface area contributed by atoms with E-state index in [2.05, 4.69) is 9.97 Å². The Morgan fingerprint density at radius 2 is 2.10 bits per heavy atom. The molecule has 0 saturated carbocycles. The number of aromatic nitrogens is 2. The third kappa shape index (κ3) is 3.21. The van der Waals surface area contributed by atoms with Crippen LogP contribution in [-0.4, -0.2) is 33.1 Å². The SMILES string of the molecule is COc1ccc(Oc2cnc(C(=O)O)cn2)c([N+](=O)[O-])c1. The standard InChI is InChI=1S/C12H9N3O6/c1-20-7-2-3-10(9(4-7)15(18)19)21-11-6-13-8(5-14-11)12(16)17/h2-6H,1H3,(H,16,17). The van der Waals surface area contributed by atoms with Gasteiger partial charge >= 0.3 is 11.7 Å². The van der Waals surface area contributed by atoms with E-state index in [1.807, 2.05) is 0 Å². The lowest BCUT2D eigenvalue weighted by atomic mass is 10.3. The number of nitro benzene ring substituents is 1. The van der Waals surface area contributed by atoms with Crippen LogP contribution < -0.4 is 9.47 Å². The smallest absolute Gasteiger partial charge is 0.356 e. The van der Waals surface area contributed by atoms with E-state index in [0.717, 1.165) is 12.4 Å². The molecular weight excluding hydrogens is 282 g/mol. The van der Waals surface area contributed by atoms with Crippen LogP contribution >= 0.6 is 0 Å². The molecule has 1 aromatic heterocycles. The van der Waals surface area contributed by atoms with Crippen LogP contribution in [0.2, 0.25) is 0 Å². The highest BCUT2D eigenvalue weighted by atomic mass is 16.6. The molecule has 0 aliphatic heterocycles. The van der Waals surface area contributed by atoms with Crippen LogP contribution in [0.3, 0.4) is 0 Å². The van der Waals surface area contributed by atoms with E-state index >= 15 is 0 Å². The second-order valence-corrected chi connectivity index (χ2v) is 3.74. The second-order valence-electron chi connectivity index (χ2n) is 3.74. The summed E-state index contributed by atoms with van der Waals surface area (Å²) < 4.78 is 10.1. The number of benzene rings is 1. The topological polar surface area (TPSA) is 125 Å². The molecule has 1 N–H and O–H groups in total. The quantitative estimate of drug-likeness (QED) is 0.653. The van der Waals surface area contributed by atoms with Gasteiger partial charge in [0, 0.05) is 0 Å². The molecule has 0 aliphatic rings. The minimum absolute atomic E-state index is 0.0572. The molecule has 0 amide bonds. The number of carboxylic acids is 1. The maximum absolute atomic E-state index is 11.0. The number of nitrogens with zero attached hydrogens (tertiary/aromatic N) is 3. The van der Waals surface area contributed by atoms with Crippen molar-refractivity contribution in [3.05, 3.63) is 46.4 Å². The van der Waals surface area contributed by atoms with E-state index in [1.165, 1.54) is 25.3 Å². The summed E-state index contributed by atoms with van der Waals surface area (Å²) in [6.45, 7) is 0. The maximum atomic E-state index is 11.0. The molecule has 108 valence electrons. The van der Waals surface area contributed by atoms with Gasteiger partial charge in [0.25, 0.3) is 0 Å². The summed E-state index contributed by atoms with van der Waals surface area (Å²) in [6, 6.07) is 4.04. The summed E-state index contributed by atoms with van der Waals surface area (Å²) >= 11 is 0. The van der Waals surface area contributed by atoms with Crippen molar-refractivity contribution in [1.82, 2.24) is 9.97 Å². The van der Waals surface area contributed by atoms with Crippen LogP contribution in [0, 0.1) is 10.1 Å². The summed E-state index contributed by atoms with van der Waals surface area (Å²) in [5.74, 6) is -1.04. The lowest BCUT2D eigenvalue weighted by molar-refractivity contribution is -0.385.